The molecule has 0 N–H and O–H groups in total. The van der Waals surface area contributed by atoms with Crippen LogP contribution in [0.3, 0.4) is 0 Å². The molecule has 1 aromatic rings. The molecule has 1 aromatic heterocycles. The molecule has 1 saturated carbocycles. The second-order valence-electron chi connectivity index (χ2n) is 4.42. The van der Waals surface area contributed by atoms with Gasteiger partial charge in [0.1, 0.15) is 0 Å². The number of pyridine rings is 1. The highest BCUT2D eigenvalue weighted by Crippen LogP contribution is 2.29. The predicted molar refractivity (Wildman–Crippen MR) is 75.2 cm³/mol. The Labute approximate surface area is 117 Å². The Bertz CT molecular complexity index is 474. The fourth-order valence-electron chi connectivity index (χ4n) is 1.89. The highest BCUT2D eigenvalue weighted by atomic mass is 79.9. The molecule has 6 heteroatoms. The van der Waals surface area contributed by atoms with E-state index in [1.807, 2.05) is 18.2 Å². The lowest BCUT2D eigenvalue weighted by atomic mass is 10.3. The first-order chi connectivity index (χ1) is 8.63. The minimum atomic E-state index is -3.16. The maximum Gasteiger partial charge on any atom is 0.214 e. The number of hydrogen-bond donors (Lipinski definition) is 0. The molecule has 2 rings (SSSR count). The van der Waals surface area contributed by atoms with Gasteiger partial charge in [0, 0.05) is 36.2 Å². The van der Waals surface area contributed by atoms with Gasteiger partial charge in [-0.1, -0.05) is 22.0 Å². The molecule has 1 fully saturated rings. The van der Waals surface area contributed by atoms with E-state index in [2.05, 4.69) is 20.9 Å². The summed E-state index contributed by atoms with van der Waals surface area (Å²) >= 11 is 3.32. The van der Waals surface area contributed by atoms with Crippen molar-refractivity contribution in [1.82, 2.24) is 9.29 Å². The fraction of sp³-hybridized carbons (Fsp3) is 0.583. The minimum Gasteiger partial charge on any atom is -0.261 e. The van der Waals surface area contributed by atoms with Crippen molar-refractivity contribution in [2.45, 2.75) is 25.3 Å². The van der Waals surface area contributed by atoms with Gasteiger partial charge in [-0.2, -0.15) is 4.31 Å². The number of rotatable bonds is 7. The van der Waals surface area contributed by atoms with Gasteiger partial charge in [0.25, 0.3) is 0 Å². The van der Waals surface area contributed by atoms with E-state index in [1.54, 1.807) is 10.5 Å². The summed E-state index contributed by atoms with van der Waals surface area (Å²) in [6.07, 6.45) is 4.17. The maximum absolute atomic E-state index is 12.3. The third-order valence-electron chi connectivity index (χ3n) is 2.96. The van der Waals surface area contributed by atoms with E-state index in [-0.39, 0.29) is 11.8 Å². The summed E-state index contributed by atoms with van der Waals surface area (Å²) in [5.41, 5.74) is 0.829. The average molecular weight is 333 g/mol. The lowest BCUT2D eigenvalue weighted by Crippen LogP contribution is -2.37. The van der Waals surface area contributed by atoms with E-state index < -0.39 is 10.0 Å². The van der Waals surface area contributed by atoms with Crippen LogP contribution in [0.15, 0.2) is 24.4 Å². The molecule has 0 aromatic carbocycles. The molecule has 0 spiro atoms. The van der Waals surface area contributed by atoms with Crippen LogP contribution < -0.4 is 0 Å². The summed E-state index contributed by atoms with van der Waals surface area (Å²) in [5.74, 6) is 0.146. The molecule has 4 nitrogen and oxygen atoms in total. The van der Waals surface area contributed by atoms with Gasteiger partial charge in [0.15, 0.2) is 0 Å². The number of aromatic nitrogens is 1. The van der Waals surface area contributed by atoms with Gasteiger partial charge < -0.3 is 0 Å². The van der Waals surface area contributed by atoms with Crippen LogP contribution in [0.25, 0.3) is 0 Å². The smallest absolute Gasteiger partial charge is 0.214 e. The molecule has 0 radical (unpaired) electrons. The van der Waals surface area contributed by atoms with E-state index >= 15 is 0 Å². The Morgan fingerprint density at radius 2 is 2.17 bits per heavy atom. The van der Waals surface area contributed by atoms with Gasteiger partial charge in [-0.05, 0) is 25.0 Å². The first kappa shape index (κ1) is 14.0. The zero-order chi connectivity index (χ0) is 13.0. The topological polar surface area (TPSA) is 50.3 Å². The Morgan fingerprint density at radius 1 is 1.39 bits per heavy atom. The van der Waals surface area contributed by atoms with E-state index in [0.717, 1.165) is 18.5 Å². The Kier molecular flexibility index (Phi) is 4.75. The minimum absolute atomic E-state index is 0.146. The van der Waals surface area contributed by atoms with Crippen molar-refractivity contribution in [1.29, 1.82) is 0 Å². The lowest BCUT2D eigenvalue weighted by Gasteiger charge is -2.20. The van der Waals surface area contributed by atoms with Crippen LogP contribution in [-0.2, 0) is 16.4 Å². The van der Waals surface area contributed by atoms with Crippen LogP contribution in [0.2, 0.25) is 0 Å². The first-order valence-corrected chi connectivity index (χ1v) is 8.82. The zero-order valence-corrected chi connectivity index (χ0v) is 12.5. The molecule has 0 aliphatic heterocycles. The standard InChI is InChI=1S/C12H17BrN2O2S/c13-7-9-15(12-4-5-12)18(16,17)10-6-11-3-1-2-8-14-11/h1-3,8,12H,4-7,9-10H2. The van der Waals surface area contributed by atoms with Crippen LogP contribution in [0, 0.1) is 0 Å². The van der Waals surface area contributed by atoms with Crippen molar-refractivity contribution < 1.29 is 8.42 Å². The molecule has 1 heterocycles. The Balaban J connectivity index is 1.97. The quantitative estimate of drug-likeness (QED) is 0.715. The summed E-state index contributed by atoms with van der Waals surface area (Å²) < 4.78 is 26.1. The number of nitrogens with zero attached hydrogens (tertiary/aromatic N) is 2. The Hall–Kier alpha value is -0.460. The number of halogens is 1. The Morgan fingerprint density at radius 3 is 2.72 bits per heavy atom. The van der Waals surface area contributed by atoms with Crippen molar-refractivity contribution in [2.75, 3.05) is 17.6 Å². The van der Waals surface area contributed by atoms with E-state index in [0.29, 0.717) is 18.3 Å². The molecule has 1 aliphatic carbocycles. The summed E-state index contributed by atoms with van der Waals surface area (Å²) in [7, 11) is -3.16. The van der Waals surface area contributed by atoms with Gasteiger partial charge in [-0.25, -0.2) is 8.42 Å². The van der Waals surface area contributed by atoms with Gasteiger partial charge in [-0.3, -0.25) is 4.98 Å². The van der Waals surface area contributed by atoms with Gasteiger partial charge >= 0.3 is 0 Å². The third kappa shape index (κ3) is 3.76. The van der Waals surface area contributed by atoms with Crippen LogP contribution in [0.1, 0.15) is 18.5 Å². The molecule has 0 atom stereocenters. The van der Waals surface area contributed by atoms with Gasteiger partial charge in [-0.15, -0.1) is 0 Å². The normalized spacial score (nSPS) is 16.1. The van der Waals surface area contributed by atoms with Crippen LogP contribution in [0.4, 0.5) is 0 Å². The van der Waals surface area contributed by atoms with E-state index in [4.69, 9.17) is 0 Å². The van der Waals surface area contributed by atoms with Gasteiger partial charge in [0.2, 0.25) is 10.0 Å². The second-order valence-corrected chi connectivity index (χ2v) is 7.25. The first-order valence-electron chi connectivity index (χ1n) is 6.09. The molecule has 18 heavy (non-hydrogen) atoms. The SMILES string of the molecule is O=S(=O)(CCc1ccccn1)N(CCBr)C1CC1. The second kappa shape index (κ2) is 6.12. The molecule has 0 unspecified atom stereocenters. The monoisotopic (exact) mass is 332 g/mol. The summed E-state index contributed by atoms with van der Waals surface area (Å²) in [6.45, 7) is 0.565. The lowest BCUT2D eigenvalue weighted by molar-refractivity contribution is 0.424. The van der Waals surface area contributed by atoms with Crippen molar-refractivity contribution in [2.24, 2.45) is 0 Å². The molecular weight excluding hydrogens is 316 g/mol. The average Bonchev–Trinajstić information content (AvgIpc) is 3.19. The molecule has 0 bridgehead atoms. The van der Waals surface area contributed by atoms with E-state index in [1.165, 1.54) is 0 Å². The van der Waals surface area contributed by atoms with Crippen molar-refractivity contribution in [3.05, 3.63) is 30.1 Å². The molecule has 1 aliphatic rings. The summed E-state index contributed by atoms with van der Waals surface area (Å²) in [4.78, 5) is 4.16. The molecule has 100 valence electrons. The highest BCUT2D eigenvalue weighted by Gasteiger charge is 2.36. The van der Waals surface area contributed by atoms with E-state index in [9.17, 15) is 8.42 Å². The highest BCUT2D eigenvalue weighted by molar-refractivity contribution is 9.09. The molecule has 0 amide bonds. The van der Waals surface area contributed by atoms with Gasteiger partial charge in [0.05, 0.1) is 5.75 Å². The van der Waals surface area contributed by atoms with Crippen LogP contribution in [-0.4, -0.2) is 41.4 Å². The third-order valence-corrected chi connectivity index (χ3v) is 5.23. The van der Waals surface area contributed by atoms with Crippen molar-refractivity contribution >= 4 is 26.0 Å². The predicted octanol–water partition coefficient (Wildman–Crippen LogP) is 1.81. The summed E-state index contributed by atoms with van der Waals surface area (Å²) in [6, 6.07) is 5.81. The maximum atomic E-state index is 12.3. The number of aryl methyl sites for hydroxylation is 1. The van der Waals surface area contributed by atoms with Crippen LogP contribution >= 0.6 is 15.9 Å². The number of sulfonamides is 1. The molecule has 0 saturated heterocycles. The fourth-order valence-corrected chi connectivity index (χ4v) is 4.24. The van der Waals surface area contributed by atoms with Crippen molar-refractivity contribution in [3.63, 3.8) is 0 Å². The molecular formula is C12H17BrN2O2S. The van der Waals surface area contributed by atoms with Crippen molar-refractivity contribution in [3.8, 4) is 0 Å². The summed E-state index contributed by atoms with van der Waals surface area (Å²) in [5, 5.41) is 0.687. The number of hydrogen-bond acceptors (Lipinski definition) is 3. The largest absolute Gasteiger partial charge is 0.261 e. The van der Waals surface area contributed by atoms with Crippen LogP contribution in [0.5, 0.6) is 0 Å². The zero-order valence-electron chi connectivity index (χ0n) is 10.1. The number of alkyl halides is 1.